The molecule has 0 saturated carbocycles. The largest absolute Gasteiger partial charge is 0.479 e. The van der Waals surface area contributed by atoms with Gasteiger partial charge in [-0.2, -0.15) is 0 Å². The standard InChI is InChI=1S/C15H9Cl2NO7/c16-8-1-4-13(11(17)5-8)25-9-2-3-12(18(22)23)10(6-9)15(21)24-7-14(19)20/h1-6H,7H2,(H,19,20). The van der Waals surface area contributed by atoms with Crippen LogP contribution in [0, 0.1) is 10.1 Å². The highest BCUT2D eigenvalue weighted by Gasteiger charge is 2.23. The van der Waals surface area contributed by atoms with Gasteiger partial charge < -0.3 is 14.6 Å². The minimum absolute atomic E-state index is 0.0668. The van der Waals surface area contributed by atoms with Crippen molar-refractivity contribution in [3.63, 3.8) is 0 Å². The predicted molar refractivity (Wildman–Crippen MR) is 87.6 cm³/mol. The molecule has 130 valence electrons. The van der Waals surface area contributed by atoms with Crippen molar-refractivity contribution in [2.24, 2.45) is 0 Å². The van der Waals surface area contributed by atoms with Gasteiger partial charge in [-0.1, -0.05) is 23.2 Å². The summed E-state index contributed by atoms with van der Waals surface area (Å²) in [5, 5.41) is 20.1. The number of carboxylic acid groups (broad SMARTS) is 1. The fourth-order valence-electron chi connectivity index (χ4n) is 1.79. The Hall–Kier alpha value is -2.84. The van der Waals surface area contributed by atoms with Crippen molar-refractivity contribution >= 4 is 40.8 Å². The number of carbonyl (C=O) groups is 2. The molecule has 25 heavy (non-hydrogen) atoms. The van der Waals surface area contributed by atoms with Gasteiger partial charge in [-0.25, -0.2) is 9.59 Å². The summed E-state index contributed by atoms with van der Waals surface area (Å²) in [5.74, 6) is -2.28. The van der Waals surface area contributed by atoms with Crippen molar-refractivity contribution in [3.05, 3.63) is 62.1 Å². The lowest BCUT2D eigenvalue weighted by Gasteiger charge is -2.09. The number of hydrogen-bond acceptors (Lipinski definition) is 6. The zero-order chi connectivity index (χ0) is 18.6. The molecule has 0 amide bonds. The van der Waals surface area contributed by atoms with E-state index in [9.17, 15) is 19.7 Å². The molecule has 0 unspecified atom stereocenters. The number of hydrogen-bond donors (Lipinski definition) is 1. The van der Waals surface area contributed by atoms with Crippen molar-refractivity contribution < 1.29 is 29.1 Å². The molecular weight excluding hydrogens is 377 g/mol. The van der Waals surface area contributed by atoms with Crippen LogP contribution in [0.1, 0.15) is 10.4 Å². The molecule has 2 rings (SSSR count). The van der Waals surface area contributed by atoms with Gasteiger partial charge in [0.15, 0.2) is 6.61 Å². The average Bonchev–Trinajstić information content (AvgIpc) is 2.55. The van der Waals surface area contributed by atoms with E-state index >= 15 is 0 Å². The maximum absolute atomic E-state index is 11.9. The molecule has 0 aliphatic rings. The molecule has 0 saturated heterocycles. The van der Waals surface area contributed by atoms with Crippen molar-refractivity contribution in [2.45, 2.75) is 0 Å². The van der Waals surface area contributed by atoms with Gasteiger partial charge in [-0.05, 0) is 24.3 Å². The van der Waals surface area contributed by atoms with E-state index in [-0.39, 0.29) is 16.5 Å². The highest BCUT2D eigenvalue weighted by atomic mass is 35.5. The highest BCUT2D eigenvalue weighted by molar-refractivity contribution is 6.35. The van der Waals surface area contributed by atoms with Gasteiger partial charge >= 0.3 is 11.9 Å². The highest BCUT2D eigenvalue weighted by Crippen LogP contribution is 2.33. The summed E-state index contributed by atoms with van der Waals surface area (Å²) >= 11 is 11.8. The molecule has 0 aromatic heterocycles. The summed E-state index contributed by atoms with van der Waals surface area (Å²) in [4.78, 5) is 32.6. The normalized spacial score (nSPS) is 10.2. The zero-order valence-electron chi connectivity index (χ0n) is 12.3. The van der Waals surface area contributed by atoms with Gasteiger partial charge in [0.2, 0.25) is 0 Å². The maximum Gasteiger partial charge on any atom is 0.345 e. The smallest absolute Gasteiger partial charge is 0.345 e. The number of benzene rings is 2. The summed E-state index contributed by atoms with van der Waals surface area (Å²) < 4.78 is 9.96. The van der Waals surface area contributed by atoms with Crippen molar-refractivity contribution in [1.82, 2.24) is 0 Å². The summed E-state index contributed by atoms with van der Waals surface area (Å²) in [7, 11) is 0. The second-order valence-electron chi connectivity index (χ2n) is 4.58. The number of nitro benzene ring substituents is 1. The van der Waals surface area contributed by atoms with Crippen LogP contribution in [-0.2, 0) is 9.53 Å². The van der Waals surface area contributed by atoms with E-state index in [1.807, 2.05) is 0 Å². The molecule has 2 aromatic rings. The third-order valence-electron chi connectivity index (χ3n) is 2.83. The summed E-state index contributed by atoms with van der Waals surface area (Å²) in [6.07, 6.45) is 0. The molecule has 0 fully saturated rings. The van der Waals surface area contributed by atoms with Gasteiger partial charge in [0.05, 0.1) is 9.95 Å². The number of nitrogens with zero attached hydrogens (tertiary/aromatic N) is 1. The van der Waals surface area contributed by atoms with Gasteiger partial charge in [0.1, 0.15) is 17.1 Å². The van der Waals surface area contributed by atoms with E-state index in [2.05, 4.69) is 4.74 Å². The first-order valence-electron chi connectivity index (χ1n) is 6.58. The van der Waals surface area contributed by atoms with Crippen LogP contribution in [0.3, 0.4) is 0 Å². The molecule has 0 aliphatic carbocycles. The molecule has 0 heterocycles. The Kier molecular flexibility index (Phi) is 5.79. The molecule has 0 radical (unpaired) electrons. The van der Waals surface area contributed by atoms with Crippen LogP contribution in [0.2, 0.25) is 10.0 Å². The van der Waals surface area contributed by atoms with E-state index in [1.54, 1.807) is 0 Å². The maximum atomic E-state index is 11.9. The lowest BCUT2D eigenvalue weighted by atomic mass is 10.1. The number of carbonyl (C=O) groups excluding carboxylic acids is 1. The minimum Gasteiger partial charge on any atom is -0.479 e. The number of rotatable bonds is 6. The van der Waals surface area contributed by atoms with E-state index in [1.165, 1.54) is 24.3 Å². The van der Waals surface area contributed by atoms with E-state index in [0.29, 0.717) is 5.02 Å². The summed E-state index contributed by atoms with van der Waals surface area (Å²) in [6, 6.07) is 7.80. The van der Waals surface area contributed by atoms with Crippen LogP contribution < -0.4 is 4.74 Å². The first-order valence-corrected chi connectivity index (χ1v) is 7.34. The second-order valence-corrected chi connectivity index (χ2v) is 5.43. The van der Waals surface area contributed by atoms with Crippen LogP contribution >= 0.6 is 23.2 Å². The van der Waals surface area contributed by atoms with Crippen molar-refractivity contribution in [3.8, 4) is 11.5 Å². The van der Waals surface area contributed by atoms with Crippen LogP contribution in [0.25, 0.3) is 0 Å². The molecule has 2 aromatic carbocycles. The van der Waals surface area contributed by atoms with Gasteiger partial charge in [-0.3, -0.25) is 10.1 Å². The molecule has 0 atom stereocenters. The summed E-state index contributed by atoms with van der Waals surface area (Å²) in [5.41, 5.74) is -1.00. The lowest BCUT2D eigenvalue weighted by molar-refractivity contribution is -0.385. The quantitative estimate of drug-likeness (QED) is 0.454. The van der Waals surface area contributed by atoms with Gasteiger partial charge in [0, 0.05) is 17.2 Å². The van der Waals surface area contributed by atoms with Crippen LogP contribution in [0.15, 0.2) is 36.4 Å². The average molecular weight is 386 g/mol. The first kappa shape index (κ1) is 18.5. The first-order chi connectivity index (χ1) is 11.8. The Morgan fingerprint density at radius 3 is 2.48 bits per heavy atom. The van der Waals surface area contributed by atoms with E-state index < -0.39 is 34.7 Å². The molecule has 0 aliphatic heterocycles. The Labute approximate surface area is 150 Å². The molecular formula is C15H9Cl2NO7. The number of carboxylic acids is 1. The predicted octanol–water partition coefficient (Wildman–Crippen LogP) is 3.94. The fourth-order valence-corrected chi connectivity index (χ4v) is 2.24. The monoisotopic (exact) mass is 385 g/mol. The number of halogens is 2. The molecule has 0 bridgehead atoms. The van der Waals surface area contributed by atoms with Gasteiger partial charge in [0.25, 0.3) is 5.69 Å². The van der Waals surface area contributed by atoms with E-state index in [4.69, 9.17) is 33.0 Å². The molecule has 8 nitrogen and oxygen atoms in total. The Morgan fingerprint density at radius 1 is 1.16 bits per heavy atom. The SMILES string of the molecule is O=C(O)COC(=O)c1cc(Oc2ccc(Cl)cc2Cl)ccc1[N+](=O)[O-]. The number of nitro groups is 1. The van der Waals surface area contributed by atoms with Crippen LogP contribution in [0.4, 0.5) is 5.69 Å². The summed E-state index contributed by atoms with van der Waals surface area (Å²) in [6.45, 7) is -0.927. The third-order valence-corrected chi connectivity index (χ3v) is 3.36. The minimum atomic E-state index is -1.39. The Balaban J connectivity index is 2.34. The molecule has 0 spiro atoms. The second kappa shape index (κ2) is 7.82. The van der Waals surface area contributed by atoms with Gasteiger partial charge in [-0.15, -0.1) is 0 Å². The van der Waals surface area contributed by atoms with Crippen LogP contribution in [-0.4, -0.2) is 28.6 Å². The number of aliphatic carboxylic acids is 1. The van der Waals surface area contributed by atoms with Crippen molar-refractivity contribution in [1.29, 1.82) is 0 Å². The van der Waals surface area contributed by atoms with Crippen LogP contribution in [0.5, 0.6) is 11.5 Å². The zero-order valence-corrected chi connectivity index (χ0v) is 13.8. The topological polar surface area (TPSA) is 116 Å². The fraction of sp³-hybridized carbons (Fsp3) is 0.0667. The third kappa shape index (κ3) is 4.82. The Morgan fingerprint density at radius 2 is 1.88 bits per heavy atom. The van der Waals surface area contributed by atoms with E-state index in [0.717, 1.165) is 12.1 Å². The number of ether oxygens (including phenoxy) is 2. The molecule has 10 heteroatoms. The molecule has 1 N–H and O–H groups in total. The Bertz CT molecular complexity index is 854. The van der Waals surface area contributed by atoms with Crippen molar-refractivity contribution in [2.75, 3.05) is 6.61 Å². The lowest BCUT2D eigenvalue weighted by Crippen LogP contribution is -2.14. The number of esters is 1.